The molecular formula is C18H29N. The van der Waals surface area contributed by atoms with Crippen LogP contribution in [0.3, 0.4) is 0 Å². The maximum atomic E-state index is 3.82. The number of benzene rings is 1. The van der Waals surface area contributed by atoms with Crippen molar-refractivity contribution >= 4 is 0 Å². The number of rotatable bonds is 5. The Morgan fingerprint density at radius 1 is 1.26 bits per heavy atom. The summed E-state index contributed by atoms with van der Waals surface area (Å²) in [5, 5.41) is 3.82. The summed E-state index contributed by atoms with van der Waals surface area (Å²) in [4.78, 5) is 0. The van der Waals surface area contributed by atoms with Crippen LogP contribution in [0.2, 0.25) is 0 Å². The molecule has 2 rings (SSSR count). The molecule has 1 fully saturated rings. The topological polar surface area (TPSA) is 12.0 Å². The molecule has 0 aromatic heterocycles. The summed E-state index contributed by atoms with van der Waals surface area (Å²) in [5.41, 5.74) is 2.96. The Balaban J connectivity index is 2.17. The van der Waals surface area contributed by atoms with Gasteiger partial charge in [0.1, 0.15) is 0 Å². The van der Waals surface area contributed by atoms with E-state index in [1.54, 1.807) is 0 Å². The Morgan fingerprint density at radius 3 is 2.74 bits per heavy atom. The fourth-order valence-electron chi connectivity index (χ4n) is 3.55. The van der Waals surface area contributed by atoms with Crippen LogP contribution in [0.25, 0.3) is 0 Å². The molecular weight excluding hydrogens is 230 g/mol. The van der Waals surface area contributed by atoms with Crippen LogP contribution in [0.4, 0.5) is 0 Å². The van der Waals surface area contributed by atoms with Gasteiger partial charge in [-0.25, -0.2) is 0 Å². The summed E-state index contributed by atoms with van der Waals surface area (Å²) in [6.07, 6.45) is 6.81. The minimum atomic E-state index is 0.559. The number of hydrogen-bond donors (Lipinski definition) is 1. The van der Waals surface area contributed by atoms with Crippen molar-refractivity contribution in [1.29, 1.82) is 0 Å². The first-order valence-corrected chi connectivity index (χ1v) is 8.01. The van der Waals surface area contributed by atoms with E-state index in [1.807, 2.05) is 0 Å². The molecule has 106 valence electrons. The molecule has 0 aliphatic heterocycles. The minimum Gasteiger partial charge on any atom is -0.310 e. The van der Waals surface area contributed by atoms with Gasteiger partial charge in [0.05, 0.1) is 0 Å². The van der Waals surface area contributed by atoms with Crippen LogP contribution in [0.15, 0.2) is 24.3 Å². The van der Waals surface area contributed by atoms with E-state index in [9.17, 15) is 0 Å². The van der Waals surface area contributed by atoms with Crippen LogP contribution in [-0.4, -0.2) is 6.54 Å². The normalized spacial score (nSPS) is 25.2. The predicted octanol–water partition coefficient (Wildman–Crippen LogP) is 4.86. The molecule has 3 atom stereocenters. The molecule has 1 nitrogen and oxygen atoms in total. The van der Waals surface area contributed by atoms with E-state index in [2.05, 4.69) is 50.4 Å². The molecule has 0 spiro atoms. The molecule has 1 saturated carbocycles. The van der Waals surface area contributed by atoms with Gasteiger partial charge in [-0.05, 0) is 55.7 Å². The van der Waals surface area contributed by atoms with Crippen molar-refractivity contribution in [3.05, 3.63) is 35.4 Å². The van der Waals surface area contributed by atoms with Gasteiger partial charge in [0.2, 0.25) is 0 Å². The average Bonchev–Trinajstić information content (AvgIpc) is 2.41. The standard InChI is InChI=1S/C18H29N/c1-4-12-19-18(16-10-7-8-14(2)13-16)17-11-6-5-9-15(17)3/h5-6,9,11,14,16,18-19H,4,7-8,10,12-13H2,1-3H3. The van der Waals surface area contributed by atoms with Gasteiger partial charge in [0.15, 0.2) is 0 Å². The summed E-state index contributed by atoms with van der Waals surface area (Å²) >= 11 is 0. The van der Waals surface area contributed by atoms with Crippen molar-refractivity contribution in [3.63, 3.8) is 0 Å². The lowest BCUT2D eigenvalue weighted by Crippen LogP contribution is -2.32. The Labute approximate surface area is 118 Å². The van der Waals surface area contributed by atoms with Crippen molar-refractivity contribution in [3.8, 4) is 0 Å². The highest BCUT2D eigenvalue weighted by Crippen LogP contribution is 2.37. The zero-order chi connectivity index (χ0) is 13.7. The maximum absolute atomic E-state index is 3.82. The van der Waals surface area contributed by atoms with E-state index in [4.69, 9.17) is 0 Å². The fourth-order valence-corrected chi connectivity index (χ4v) is 3.55. The highest BCUT2D eigenvalue weighted by Gasteiger charge is 2.28. The van der Waals surface area contributed by atoms with Crippen LogP contribution >= 0.6 is 0 Å². The van der Waals surface area contributed by atoms with E-state index >= 15 is 0 Å². The smallest absolute Gasteiger partial charge is 0.0351 e. The van der Waals surface area contributed by atoms with E-state index in [0.717, 1.165) is 18.4 Å². The quantitative estimate of drug-likeness (QED) is 0.796. The van der Waals surface area contributed by atoms with Crippen LogP contribution in [-0.2, 0) is 0 Å². The first-order valence-electron chi connectivity index (χ1n) is 8.01. The zero-order valence-electron chi connectivity index (χ0n) is 12.8. The molecule has 1 heteroatoms. The lowest BCUT2D eigenvalue weighted by Gasteiger charge is -2.35. The summed E-state index contributed by atoms with van der Waals surface area (Å²) in [5.74, 6) is 1.71. The molecule has 1 N–H and O–H groups in total. The monoisotopic (exact) mass is 259 g/mol. The average molecular weight is 259 g/mol. The van der Waals surface area contributed by atoms with Gasteiger partial charge >= 0.3 is 0 Å². The van der Waals surface area contributed by atoms with Crippen molar-refractivity contribution in [2.75, 3.05) is 6.54 Å². The van der Waals surface area contributed by atoms with Crippen LogP contribution in [0.1, 0.15) is 63.1 Å². The van der Waals surface area contributed by atoms with Crippen LogP contribution in [0, 0.1) is 18.8 Å². The summed E-state index contributed by atoms with van der Waals surface area (Å²) in [6, 6.07) is 9.47. The Bertz CT molecular complexity index is 385. The van der Waals surface area contributed by atoms with Gasteiger partial charge < -0.3 is 5.32 Å². The fraction of sp³-hybridized carbons (Fsp3) is 0.667. The van der Waals surface area contributed by atoms with E-state index in [-0.39, 0.29) is 0 Å². The molecule has 0 radical (unpaired) electrons. The van der Waals surface area contributed by atoms with E-state index in [0.29, 0.717) is 6.04 Å². The van der Waals surface area contributed by atoms with E-state index < -0.39 is 0 Å². The summed E-state index contributed by atoms with van der Waals surface area (Å²) in [6.45, 7) is 8.05. The van der Waals surface area contributed by atoms with Crippen molar-refractivity contribution in [2.24, 2.45) is 11.8 Å². The minimum absolute atomic E-state index is 0.559. The highest BCUT2D eigenvalue weighted by atomic mass is 14.9. The second kappa shape index (κ2) is 7.09. The molecule has 3 unspecified atom stereocenters. The third-order valence-electron chi connectivity index (χ3n) is 4.59. The number of aryl methyl sites for hydroxylation is 1. The van der Waals surface area contributed by atoms with Gasteiger partial charge in [-0.3, -0.25) is 0 Å². The zero-order valence-corrected chi connectivity index (χ0v) is 12.8. The van der Waals surface area contributed by atoms with Gasteiger partial charge in [0.25, 0.3) is 0 Å². The lowest BCUT2D eigenvalue weighted by atomic mass is 9.76. The summed E-state index contributed by atoms with van der Waals surface area (Å²) in [7, 11) is 0. The third-order valence-corrected chi connectivity index (χ3v) is 4.59. The molecule has 0 heterocycles. The van der Waals surface area contributed by atoms with Crippen molar-refractivity contribution < 1.29 is 0 Å². The Morgan fingerprint density at radius 2 is 2.05 bits per heavy atom. The molecule has 1 aliphatic carbocycles. The molecule has 1 aromatic carbocycles. The first kappa shape index (κ1) is 14.6. The molecule has 1 aromatic rings. The number of hydrogen-bond acceptors (Lipinski definition) is 1. The Kier molecular flexibility index (Phi) is 5.45. The van der Waals surface area contributed by atoms with Crippen molar-refractivity contribution in [1.82, 2.24) is 5.32 Å². The van der Waals surface area contributed by atoms with Crippen LogP contribution < -0.4 is 5.32 Å². The molecule has 0 bridgehead atoms. The molecule has 19 heavy (non-hydrogen) atoms. The second-order valence-corrected chi connectivity index (χ2v) is 6.32. The molecule has 1 aliphatic rings. The highest BCUT2D eigenvalue weighted by molar-refractivity contribution is 5.29. The third kappa shape index (κ3) is 3.82. The van der Waals surface area contributed by atoms with Gasteiger partial charge in [-0.15, -0.1) is 0 Å². The van der Waals surface area contributed by atoms with Crippen LogP contribution in [0.5, 0.6) is 0 Å². The van der Waals surface area contributed by atoms with E-state index in [1.165, 1.54) is 43.2 Å². The SMILES string of the molecule is CCCNC(c1ccccc1C)C1CCCC(C)C1. The van der Waals surface area contributed by atoms with Gasteiger partial charge in [-0.1, -0.05) is 51.0 Å². The molecule has 0 saturated heterocycles. The van der Waals surface area contributed by atoms with Gasteiger partial charge in [-0.2, -0.15) is 0 Å². The predicted molar refractivity (Wildman–Crippen MR) is 83.3 cm³/mol. The van der Waals surface area contributed by atoms with Gasteiger partial charge in [0, 0.05) is 6.04 Å². The Hall–Kier alpha value is -0.820. The first-order chi connectivity index (χ1) is 9.22. The maximum Gasteiger partial charge on any atom is 0.0351 e. The number of nitrogens with one attached hydrogen (secondary N) is 1. The largest absolute Gasteiger partial charge is 0.310 e. The van der Waals surface area contributed by atoms with Crippen molar-refractivity contribution in [2.45, 2.75) is 58.9 Å². The second-order valence-electron chi connectivity index (χ2n) is 6.32. The summed E-state index contributed by atoms with van der Waals surface area (Å²) < 4.78 is 0. The molecule has 0 amide bonds. The lowest BCUT2D eigenvalue weighted by molar-refractivity contribution is 0.223.